The Morgan fingerprint density at radius 3 is 2.61 bits per heavy atom. The Morgan fingerprint density at radius 1 is 1.11 bits per heavy atom. The first-order chi connectivity index (χ1) is 13.2. The zero-order valence-electron chi connectivity index (χ0n) is 17.4. The lowest BCUT2D eigenvalue weighted by Gasteiger charge is -2.31. The average molecular weight is 506 g/mol. The Labute approximate surface area is 187 Å². The predicted octanol–water partition coefficient (Wildman–Crippen LogP) is 1.37. The molecular weight excluding hydrogens is 467 g/mol. The second kappa shape index (κ2) is 12.2. The minimum atomic E-state index is -0.148. The highest BCUT2D eigenvalue weighted by Gasteiger charge is 2.30. The van der Waals surface area contributed by atoms with Crippen molar-refractivity contribution < 1.29 is 4.79 Å². The van der Waals surface area contributed by atoms with Gasteiger partial charge in [-0.2, -0.15) is 0 Å². The molecule has 3 aliphatic rings. The summed E-state index contributed by atoms with van der Waals surface area (Å²) in [5.41, 5.74) is 5.46. The Kier molecular flexibility index (Phi) is 10.3. The molecule has 0 spiro atoms. The second-order valence-corrected chi connectivity index (χ2v) is 8.46. The number of nitrogens with zero attached hydrogens (tertiary/aromatic N) is 3. The van der Waals surface area contributed by atoms with Crippen LogP contribution < -0.4 is 16.4 Å². The molecule has 0 aromatic heterocycles. The van der Waals surface area contributed by atoms with E-state index in [0.29, 0.717) is 6.04 Å². The molecule has 4 N–H and O–H groups in total. The number of piperidine rings is 1. The summed E-state index contributed by atoms with van der Waals surface area (Å²) in [4.78, 5) is 20.8. The van der Waals surface area contributed by atoms with Crippen LogP contribution in [0.2, 0.25) is 0 Å². The summed E-state index contributed by atoms with van der Waals surface area (Å²) in [6, 6.07) is 1.33. The van der Waals surface area contributed by atoms with Gasteiger partial charge < -0.3 is 21.3 Å². The number of carbonyl (C=O) groups is 1. The van der Waals surface area contributed by atoms with Crippen LogP contribution in [0.15, 0.2) is 4.99 Å². The molecule has 2 heterocycles. The van der Waals surface area contributed by atoms with E-state index in [1.54, 1.807) is 0 Å². The van der Waals surface area contributed by atoms with E-state index < -0.39 is 0 Å². The van der Waals surface area contributed by atoms with Crippen molar-refractivity contribution in [2.75, 3.05) is 46.3 Å². The zero-order valence-corrected chi connectivity index (χ0v) is 19.7. The van der Waals surface area contributed by atoms with Crippen LogP contribution in [0.4, 0.5) is 0 Å². The molecule has 3 fully saturated rings. The largest absolute Gasteiger partial charge is 0.369 e. The second-order valence-electron chi connectivity index (χ2n) is 8.46. The maximum Gasteiger partial charge on any atom is 0.221 e. The number of amides is 1. The summed E-state index contributed by atoms with van der Waals surface area (Å²) in [5.74, 6) is 0.805. The number of rotatable bonds is 7. The number of nitrogens with one attached hydrogen (secondary N) is 2. The van der Waals surface area contributed by atoms with Crippen molar-refractivity contribution >= 4 is 35.8 Å². The van der Waals surface area contributed by atoms with Crippen LogP contribution >= 0.6 is 24.0 Å². The molecule has 28 heavy (non-hydrogen) atoms. The standard InChI is InChI=1S/C20H38N6O.HI/c1-22-20(24-17-9-13-26(15-17)18-7-2-3-8-18)23-10-5-12-25-11-4-6-16(14-25)19(21)27;/h16-18H,2-15H2,1H3,(H2,21,27)(H2,22,23,24);1H. The summed E-state index contributed by atoms with van der Waals surface area (Å²) < 4.78 is 0. The molecule has 2 saturated heterocycles. The van der Waals surface area contributed by atoms with Gasteiger partial charge in [-0.3, -0.25) is 14.7 Å². The number of hydrogen-bond donors (Lipinski definition) is 3. The minimum Gasteiger partial charge on any atom is -0.369 e. The summed E-state index contributed by atoms with van der Waals surface area (Å²) in [5, 5.41) is 7.06. The topological polar surface area (TPSA) is 86.0 Å². The lowest BCUT2D eigenvalue weighted by atomic mass is 9.97. The van der Waals surface area contributed by atoms with Crippen LogP contribution in [0.1, 0.15) is 51.4 Å². The van der Waals surface area contributed by atoms with Gasteiger partial charge in [0, 0.05) is 45.3 Å². The SMILES string of the molecule is CN=C(NCCCN1CCCC(C(N)=O)C1)NC1CCN(C2CCCC2)C1.I. The van der Waals surface area contributed by atoms with Gasteiger partial charge in [-0.05, 0) is 51.6 Å². The number of carbonyl (C=O) groups excluding carboxylic acids is 1. The number of halogens is 1. The van der Waals surface area contributed by atoms with E-state index in [-0.39, 0.29) is 35.8 Å². The van der Waals surface area contributed by atoms with Gasteiger partial charge in [0.25, 0.3) is 0 Å². The maximum atomic E-state index is 11.4. The van der Waals surface area contributed by atoms with Crippen molar-refractivity contribution in [1.82, 2.24) is 20.4 Å². The number of nitrogens with two attached hydrogens (primary N) is 1. The number of likely N-dealkylation sites (tertiary alicyclic amines) is 2. The Bertz CT molecular complexity index is 511. The highest BCUT2D eigenvalue weighted by atomic mass is 127. The molecule has 1 aliphatic carbocycles. The predicted molar refractivity (Wildman–Crippen MR) is 125 cm³/mol. The van der Waals surface area contributed by atoms with Crippen LogP contribution in [0, 0.1) is 5.92 Å². The van der Waals surface area contributed by atoms with Crippen molar-refractivity contribution in [1.29, 1.82) is 0 Å². The molecule has 7 nitrogen and oxygen atoms in total. The molecule has 8 heteroatoms. The van der Waals surface area contributed by atoms with Gasteiger partial charge in [0.1, 0.15) is 0 Å². The number of aliphatic imine (C=N–C) groups is 1. The quantitative estimate of drug-likeness (QED) is 0.210. The van der Waals surface area contributed by atoms with Crippen molar-refractivity contribution in [3.05, 3.63) is 0 Å². The molecule has 1 saturated carbocycles. The first-order valence-corrected chi connectivity index (χ1v) is 10.9. The summed E-state index contributed by atoms with van der Waals surface area (Å²) in [6.07, 6.45) is 9.84. The van der Waals surface area contributed by atoms with Gasteiger partial charge in [-0.25, -0.2) is 0 Å². The van der Waals surface area contributed by atoms with Crippen LogP contribution in [0.25, 0.3) is 0 Å². The molecule has 2 unspecified atom stereocenters. The fraction of sp³-hybridized carbons (Fsp3) is 0.900. The highest BCUT2D eigenvalue weighted by Crippen LogP contribution is 2.26. The van der Waals surface area contributed by atoms with Crippen LogP contribution in [-0.2, 0) is 4.79 Å². The third kappa shape index (κ3) is 7.02. The number of hydrogen-bond acceptors (Lipinski definition) is 4. The van der Waals surface area contributed by atoms with E-state index in [2.05, 4.69) is 25.4 Å². The minimum absolute atomic E-state index is 0. The molecule has 0 bridgehead atoms. The summed E-state index contributed by atoms with van der Waals surface area (Å²) in [7, 11) is 1.85. The van der Waals surface area contributed by atoms with Gasteiger partial charge in [-0.1, -0.05) is 12.8 Å². The number of guanidine groups is 1. The lowest BCUT2D eigenvalue weighted by molar-refractivity contribution is -0.123. The summed E-state index contributed by atoms with van der Waals surface area (Å²) >= 11 is 0. The molecule has 3 rings (SSSR count). The van der Waals surface area contributed by atoms with Gasteiger partial charge in [-0.15, -0.1) is 24.0 Å². The maximum absolute atomic E-state index is 11.4. The third-order valence-corrected chi connectivity index (χ3v) is 6.48. The molecule has 0 aromatic rings. The zero-order chi connectivity index (χ0) is 19.1. The van der Waals surface area contributed by atoms with E-state index in [0.717, 1.165) is 64.0 Å². The van der Waals surface area contributed by atoms with Gasteiger partial charge in [0.05, 0.1) is 5.92 Å². The first-order valence-electron chi connectivity index (χ1n) is 10.9. The van der Waals surface area contributed by atoms with Gasteiger partial charge >= 0.3 is 0 Å². The molecule has 162 valence electrons. The van der Waals surface area contributed by atoms with Gasteiger partial charge in [0.2, 0.25) is 5.91 Å². The molecule has 1 amide bonds. The highest BCUT2D eigenvalue weighted by molar-refractivity contribution is 14.0. The van der Waals surface area contributed by atoms with Crippen LogP contribution in [0.3, 0.4) is 0 Å². The van der Waals surface area contributed by atoms with Crippen molar-refractivity contribution in [3.63, 3.8) is 0 Å². The van der Waals surface area contributed by atoms with Crippen molar-refractivity contribution in [2.45, 2.75) is 63.5 Å². The number of primary amides is 1. The monoisotopic (exact) mass is 506 g/mol. The molecular formula is C20H39IN6O. The average Bonchev–Trinajstić information content (AvgIpc) is 3.36. The fourth-order valence-corrected chi connectivity index (χ4v) is 4.89. The lowest BCUT2D eigenvalue weighted by Crippen LogP contribution is -2.46. The fourth-order valence-electron chi connectivity index (χ4n) is 4.89. The molecule has 0 aromatic carbocycles. The van der Waals surface area contributed by atoms with Crippen molar-refractivity contribution in [2.24, 2.45) is 16.6 Å². The molecule has 2 aliphatic heterocycles. The van der Waals surface area contributed by atoms with Gasteiger partial charge in [0.15, 0.2) is 5.96 Å². The Morgan fingerprint density at radius 2 is 1.89 bits per heavy atom. The van der Waals surface area contributed by atoms with E-state index >= 15 is 0 Å². The van der Waals surface area contributed by atoms with Crippen LogP contribution in [0.5, 0.6) is 0 Å². The van der Waals surface area contributed by atoms with Crippen molar-refractivity contribution in [3.8, 4) is 0 Å². The molecule has 2 atom stereocenters. The Hall–Kier alpha value is -0.610. The smallest absolute Gasteiger partial charge is 0.221 e. The Balaban J connectivity index is 0.00000280. The summed E-state index contributed by atoms with van der Waals surface area (Å²) in [6.45, 7) is 6.17. The van der Waals surface area contributed by atoms with Crippen LogP contribution in [-0.4, -0.2) is 80.1 Å². The van der Waals surface area contributed by atoms with E-state index in [1.807, 2.05) is 7.05 Å². The first kappa shape index (κ1) is 23.7. The van der Waals surface area contributed by atoms with E-state index in [9.17, 15) is 4.79 Å². The van der Waals surface area contributed by atoms with E-state index in [1.165, 1.54) is 38.6 Å². The molecule has 0 radical (unpaired) electrons. The normalized spacial score (nSPS) is 27.5. The third-order valence-electron chi connectivity index (χ3n) is 6.48. The van der Waals surface area contributed by atoms with E-state index in [4.69, 9.17) is 5.73 Å².